The minimum Gasteiger partial charge on any atom is -0.467 e. The first-order valence-corrected chi connectivity index (χ1v) is 9.23. The number of likely N-dealkylation sites (tertiary alicyclic amines) is 1. The van der Waals surface area contributed by atoms with Crippen molar-refractivity contribution in [3.63, 3.8) is 0 Å². The number of nitrogens with zero attached hydrogens (tertiary/aromatic N) is 4. The number of halogens is 1. The molecule has 1 aliphatic carbocycles. The zero-order valence-electron chi connectivity index (χ0n) is 14.5. The Morgan fingerprint density at radius 1 is 1.23 bits per heavy atom. The molecule has 1 unspecified atom stereocenters. The number of furan rings is 1. The fourth-order valence-corrected chi connectivity index (χ4v) is 4.85. The standard InChI is InChI=1S/C19H21FN4O2/c20-14-8-21-18(22-9-14)23-10-13(11-23)17(25)24-12-19(5-1-2-6-19)16(24)15-4-3-7-26-15/h3-4,7-9,13,16H,1-2,5-6,10-12H2. The Hall–Kier alpha value is -2.44. The zero-order chi connectivity index (χ0) is 17.7. The Labute approximate surface area is 151 Å². The molecule has 2 aromatic rings. The summed E-state index contributed by atoms with van der Waals surface area (Å²) in [6.45, 7) is 2.00. The fourth-order valence-electron chi connectivity index (χ4n) is 4.85. The Bertz CT molecular complexity index is 795. The lowest BCUT2D eigenvalue weighted by atomic mass is 9.68. The lowest BCUT2D eigenvalue weighted by molar-refractivity contribution is -0.163. The van der Waals surface area contributed by atoms with Gasteiger partial charge in [0, 0.05) is 25.0 Å². The number of aromatic nitrogens is 2. The molecule has 3 aliphatic rings. The minimum absolute atomic E-state index is 0.0557. The van der Waals surface area contributed by atoms with Gasteiger partial charge in [0.25, 0.3) is 0 Å². The Kier molecular flexibility index (Phi) is 3.52. The molecule has 0 bridgehead atoms. The van der Waals surface area contributed by atoms with Gasteiger partial charge >= 0.3 is 0 Å². The first-order chi connectivity index (χ1) is 12.7. The molecule has 1 atom stereocenters. The van der Waals surface area contributed by atoms with Gasteiger partial charge in [-0.15, -0.1) is 0 Å². The van der Waals surface area contributed by atoms with E-state index in [-0.39, 0.29) is 23.3 Å². The third-order valence-corrected chi connectivity index (χ3v) is 6.19. The van der Waals surface area contributed by atoms with Crippen LogP contribution in [0.4, 0.5) is 10.3 Å². The molecule has 1 amide bonds. The van der Waals surface area contributed by atoms with Gasteiger partial charge in [0.2, 0.25) is 11.9 Å². The van der Waals surface area contributed by atoms with Crippen LogP contribution in [0.5, 0.6) is 0 Å². The molecule has 2 aliphatic heterocycles. The number of hydrogen-bond donors (Lipinski definition) is 0. The molecule has 7 heteroatoms. The summed E-state index contributed by atoms with van der Waals surface area (Å²) in [5.41, 5.74) is 0.205. The Balaban J connectivity index is 1.28. The molecule has 6 nitrogen and oxygen atoms in total. The van der Waals surface area contributed by atoms with Gasteiger partial charge in [-0.3, -0.25) is 4.79 Å². The van der Waals surface area contributed by atoms with Gasteiger partial charge in [-0.05, 0) is 25.0 Å². The summed E-state index contributed by atoms with van der Waals surface area (Å²) in [6.07, 6.45) is 8.81. The van der Waals surface area contributed by atoms with Crippen LogP contribution in [0.25, 0.3) is 0 Å². The molecule has 0 aromatic carbocycles. The maximum Gasteiger partial charge on any atom is 0.229 e. The summed E-state index contributed by atoms with van der Waals surface area (Å²) in [5, 5.41) is 0. The highest BCUT2D eigenvalue weighted by Crippen LogP contribution is 2.58. The molecule has 2 saturated heterocycles. The fraction of sp³-hybridized carbons (Fsp3) is 0.526. The van der Waals surface area contributed by atoms with E-state index in [1.807, 2.05) is 21.9 Å². The third-order valence-electron chi connectivity index (χ3n) is 6.19. The van der Waals surface area contributed by atoms with Crippen molar-refractivity contribution in [2.75, 3.05) is 24.5 Å². The predicted octanol–water partition coefficient (Wildman–Crippen LogP) is 2.79. The van der Waals surface area contributed by atoms with Crippen molar-refractivity contribution in [1.82, 2.24) is 14.9 Å². The molecule has 4 heterocycles. The van der Waals surface area contributed by atoms with Crippen molar-refractivity contribution in [3.8, 4) is 0 Å². The second kappa shape index (κ2) is 5.79. The van der Waals surface area contributed by atoms with Gasteiger partial charge in [0.05, 0.1) is 30.6 Å². The van der Waals surface area contributed by atoms with Crippen molar-refractivity contribution in [1.29, 1.82) is 0 Å². The van der Waals surface area contributed by atoms with Crippen LogP contribution in [0.2, 0.25) is 0 Å². The van der Waals surface area contributed by atoms with Gasteiger partial charge in [-0.2, -0.15) is 0 Å². The average Bonchev–Trinajstić information content (AvgIpc) is 3.26. The molecular weight excluding hydrogens is 335 g/mol. The number of carbonyl (C=O) groups is 1. The van der Waals surface area contributed by atoms with Crippen LogP contribution < -0.4 is 4.90 Å². The minimum atomic E-state index is -0.453. The number of hydrogen-bond acceptors (Lipinski definition) is 5. The van der Waals surface area contributed by atoms with Gasteiger partial charge in [-0.25, -0.2) is 14.4 Å². The third kappa shape index (κ3) is 2.33. The highest BCUT2D eigenvalue weighted by atomic mass is 19.1. The van der Waals surface area contributed by atoms with Crippen molar-refractivity contribution in [2.24, 2.45) is 11.3 Å². The van der Waals surface area contributed by atoms with E-state index in [4.69, 9.17) is 4.42 Å². The Morgan fingerprint density at radius 3 is 2.62 bits per heavy atom. The number of amides is 1. The molecule has 3 fully saturated rings. The second-order valence-electron chi connectivity index (χ2n) is 7.76. The van der Waals surface area contributed by atoms with Crippen LogP contribution in [0.1, 0.15) is 37.5 Å². The van der Waals surface area contributed by atoms with E-state index in [2.05, 4.69) is 9.97 Å². The first kappa shape index (κ1) is 15.8. The van der Waals surface area contributed by atoms with E-state index in [9.17, 15) is 9.18 Å². The molecule has 136 valence electrons. The van der Waals surface area contributed by atoms with Crippen molar-refractivity contribution >= 4 is 11.9 Å². The van der Waals surface area contributed by atoms with E-state index in [1.54, 1.807) is 6.26 Å². The maximum atomic E-state index is 13.0. The lowest BCUT2D eigenvalue weighted by Gasteiger charge is -2.57. The average molecular weight is 356 g/mol. The number of rotatable bonds is 3. The van der Waals surface area contributed by atoms with E-state index in [1.165, 1.54) is 25.7 Å². The molecule has 0 radical (unpaired) electrons. The monoisotopic (exact) mass is 356 g/mol. The normalized spacial score (nSPS) is 24.6. The molecule has 26 heavy (non-hydrogen) atoms. The van der Waals surface area contributed by atoms with Crippen LogP contribution in [0.3, 0.4) is 0 Å². The second-order valence-corrected chi connectivity index (χ2v) is 7.76. The topological polar surface area (TPSA) is 62.5 Å². The molecule has 2 aromatic heterocycles. The quantitative estimate of drug-likeness (QED) is 0.846. The number of carbonyl (C=O) groups excluding carboxylic acids is 1. The van der Waals surface area contributed by atoms with E-state index < -0.39 is 5.82 Å². The van der Waals surface area contributed by atoms with Crippen LogP contribution in [0.15, 0.2) is 35.2 Å². The molecule has 5 rings (SSSR count). The van der Waals surface area contributed by atoms with Crippen LogP contribution in [-0.2, 0) is 4.79 Å². The number of anilines is 1. The lowest BCUT2D eigenvalue weighted by Crippen LogP contribution is -2.64. The summed E-state index contributed by atoms with van der Waals surface area (Å²) in [5.74, 6) is 1.06. The van der Waals surface area contributed by atoms with E-state index in [0.717, 1.165) is 24.7 Å². The molecule has 1 spiro atoms. The summed E-state index contributed by atoms with van der Waals surface area (Å²) in [6, 6.07) is 3.96. The summed E-state index contributed by atoms with van der Waals surface area (Å²) in [7, 11) is 0. The molecule has 1 saturated carbocycles. The van der Waals surface area contributed by atoms with E-state index >= 15 is 0 Å². The van der Waals surface area contributed by atoms with Crippen LogP contribution in [-0.4, -0.2) is 40.4 Å². The summed E-state index contributed by atoms with van der Waals surface area (Å²) in [4.78, 5) is 24.9. The van der Waals surface area contributed by atoms with Crippen molar-refractivity contribution < 1.29 is 13.6 Å². The SMILES string of the molecule is O=C(C1CN(c2ncc(F)cn2)C1)N1CC2(CCCC2)C1c1ccco1. The maximum absolute atomic E-state index is 13.0. The summed E-state index contributed by atoms with van der Waals surface area (Å²) < 4.78 is 18.6. The van der Waals surface area contributed by atoms with Gasteiger partial charge < -0.3 is 14.2 Å². The smallest absolute Gasteiger partial charge is 0.229 e. The van der Waals surface area contributed by atoms with Gasteiger partial charge in [-0.1, -0.05) is 12.8 Å². The summed E-state index contributed by atoms with van der Waals surface area (Å²) >= 11 is 0. The Morgan fingerprint density at radius 2 is 1.96 bits per heavy atom. The molecule has 0 N–H and O–H groups in total. The van der Waals surface area contributed by atoms with Gasteiger partial charge in [0.15, 0.2) is 5.82 Å². The highest BCUT2D eigenvalue weighted by molar-refractivity contribution is 5.83. The van der Waals surface area contributed by atoms with Crippen LogP contribution >= 0.6 is 0 Å². The molecular formula is C19H21FN4O2. The van der Waals surface area contributed by atoms with Crippen molar-refractivity contribution in [2.45, 2.75) is 31.7 Å². The van der Waals surface area contributed by atoms with Crippen LogP contribution in [0, 0.1) is 17.2 Å². The van der Waals surface area contributed by atoms with Gasteiger partial charge in [0.1, 0.15) is 5.76 Å². The zero-order valence-corrected chi connectivity index (χ0v) is 14.5. The van der Waals surface area contributed by atoms with Crippen molar-refractivity contribution in [3.05, 3.63) is 42.4 Å². The highest BCUT2D eigenvalue weighted by Gasteiger charge is 2.58. The first-order valence-electron chi connectivity index (χ1n) is 9.23. The largest absolute Gasteiger partial charge is 0.467 e. The van der Waals surface area contributed by atoms with E-state index in [0.29, 0.717) is 19.0 Å². The predicted molar refractivity (Wildman–Crippen MR) is 91.8 cm³/mol.